The number of nitrogens with zero attached hydrogens (tertiary/aromatic N) is 4. The molecule has 1 aromatic heterocycles. The lowest BCUT2D eigenvalue weighted by molar-refractivity contribution is -0.126. The zero-order valence-corrected chi connectivity index (χ0v) is 17.8. The van der Waals surface area contributed by atoms with Gasteiger partial charge in [0.2, 0.25) is 23.5 Å². The lowest BCUT2D eigenvalue weighted by Gasteiger charge is -2.17. The van der Waals surface area contributed by atoms with E-state index in [4.69, 9.17) is 4.52 Å². The number of carbonyl (C=O) groups is 2. The highest BCUT2D eigenvalue weighted by Crippen LogP contribution is 2.28. The number of hydrogen-bond donors (Lipinski definition) is 1. The molecule has 1 fully saturated rings. The van der Waals surface area contributed by atoms with Gasteiger partial charge in [-0.1, -0.05) is 29.4 Å². The Morgan fingerprint density at radius 3 is 2.68 bits per heavy atom. The largest absolute Gasteiger partial charge is 0.378 e. The summed E-state index contributed by atoms with van der Waals surface area (Å²) in [4.78, 5) is 33.2. The highest BCUT2D eigenvalue weighted by molar-refractivity contribution is 6.00. The van der Waals surface area contributed by atoms with Gasteiger partial charge in [0.25, 0.3) is 0 Å². The summed E-state index contributed by atoms with van der Waals surface area (Å²) < 4.78 is 5.04. The van der Waals surface area contributed by atoms with Crippen LogP contribution in [0.15, 0.2) is 53.1 Å². The molecule has 2 amide bonds. The minimum absolute atomic E-state index is 0.0723. The van der Waals surface area contributed by atoms with Crippen molar-refractivity contribution in [1.82, 2.24) is 15.5 Å². The van der Waals surface area contributed by atoms with Crippen LogP contribution < -0.4 is 15.1 Å². The van der Waals surface area contributed by atoms with Crippen LogP contribution in [0.2, 0.25) is 0 Å². The average molecular weight is 419 g/mol. The molecule has 8 nitrogen and oxygen atoms in total. The van der Waals surface area contributed by atoms with Gasteiger partial charge in [-0.2, -0.15) is 4.98 Å². The van der Waals surface area contributed by atoms with E-state index in [1.165, 1.54) is 0 Å². The summed E-state index contributed by atoms with van der Waals surface area (Å²) >= 11 is 0. The van der Waals surface area contributed by atoms with Gasteiger partial charge in [0.1, 0.15) is 0 Å². The maximum atomic E-state index is 12.7. The van der Waals surface area contributed by atoms with Gasteiger partial charge in [-0.05, 0) is 29.8 Å². The second-order valence-corrected chi connectivity index (χ2v) is 7.87. The molecule has 4 rings (SSSR count). The van der Waals surface area contributed by atoms with Crippen LogP contribution in [-0.4, -0.2) is 42.6 Å². The number of carbonyl (C=O) groups excluding carboxylic acids is 2. The Morgan fingerprint density at radius 1 is 1.23 bits per heavy atom. The first kappa shape index (κ1) is 20.6. The standard InChI is InChI=1S/C23H25N5O3/c1-15-25-22(26-31-15)17-5-4-6-20(11-17)28-14-18(12-21(28)29)23(30)24-13-16-7-9-19(10-8-16)27(2)3/h4-11,18H,12-14H2,1-3H3,(H,24,30)/t18-/m0/s1. The fourth-order valence-corrected chi connectivity index (χ4v) is 3.61. The smallest absolute Gasteiger partial charge is 0.227 e. The minimum atomic E-state index is -0.385. The number of aryl methyl sites for hydroxylation is 1. The van der Waals surface area contributed by atoms with E-state index >= 15 is 0 Å². The highest BCUT2D eigenvalue weighted by atomic mass is 16.5. The molecule has 0 aliphatic carbocycles. The van der Waals surface area contributed by atoms with Gasteiger partial charge in [-0.3, -0.25) is 9.59 Å². The van der Waals surface area contributed by atoms with Crippen molar-refractivity contribution in [3.05, 3.63) is 60.0 Å². The Kier molecular flexibility index (Phi) is 5.70. The van der Waals surface area contributed by atoms with Gasteiger partial charge in [0.05, 0.1) is 5.92 Å². The Balaban J connectivity index is 1.39. The van der Waals surface area contributed by atoms with Crippen LogP contribution in [0.3, 0.4) is 0 Å². The van der Waals surface area contributed by atoms with E-state index in [0.29, 0.717) is 24.8 Å². The predicted molar refractivity (Wildman–Crippen MR) is 118 cm³/mol. The maximum Gasteiger partial charge on any atom is 0.227 e. The Hall–Kier alpha value is -3.68. The number of anilines is 2. The van der Waals surface area contributed by atoms with Crippen LogP contribution in [0.25, 0.3) is 11.4 Å². The van der Waals surface area contributed by atoms with Crippen LogP contribution >= 0.6 is 0 Å². The first-order valence-electron chi connectivity index (χ1n) is 10.2. The van der Waals surface area contributed by atoms with Crippen LogP contribution in [0.5, 0.6) is 0 Å². The first-order chi connectivity index (χ1) is 14.9. The minimum Gasteiger partial charge on any atom is -0.378 e. The van der Waals surface area contributed by atoms with E-state index in [1.54, 1.807) is 11.8 Å². The fourth-order valence-electron chi connectivity index (χ4n) is 3.61. The second-order valence-electron chi connectivity index (χ2n) is 7.87. The zero-order chi connectivity index (χ0) is 22.0. The van der Waals surface area contributed by atoms with Crippen molar-refractivity contribution < 1.29 is 14.1 Å². The third kappa shape index (κ3) is 4.58. The fraction of sp³-hybridized carbons (Fsp3) is 0.304. The summed E-state index contributed by atoms with van der Waals surface area (Å²) in [5, 5.41) is 6.89. The Bertz CT molecular complexity index is 1090. The van der Waals surface area contributed by atoms with Crippen LogP contribution in [-0.2, 0) is 16.1 Å². The summed E-state index contributed by atoms with van der Waals surface area (Å²) in [7, 11) is 3.97. The summed E-state index contributed by atoms with van der Waals surface area (Å²) in [5.41, 5.74) is 3.60. The maximum absolute atomic E-state index is 12.7. The van der Waals surface area contributed by atoms with Gasteiger partial charge < -0.3 is 19.6 Å². The summed E-state index contributed by atoms with van der Waals surface area (Å²) in [6, 6.07) is 15.4. The van der Waals surface area contributed by atoms with Crippen molar-refractivity contribution in [3.8, 4) is 11.4 Å². The molecule has 3 aromatic rings. The molecule has 1 aliphatic heterocycles. The molecule has 0 radical (unpaired) electrons. The van der Waals surface area contributed by atoms with Crippen molar-refractivity contribution in [3.63, 3.8) is 0 Å². The van der Waals surface area contributed by atoms with E-state index in [9.17, 15) is 9.59 Å². The topological polar surface area (TPSA) is 91.6 Å². The third-order valence-electron chi connectivity index (χ3n) is 5.36. The summed E-state index contributed by atoms with van der Waals surface area (Å²) in [6.45, 7) is 2.51. The van der Waals surface area contributed by atoms with Gasteiger partial charge in [-0.25, -0.2) is 0 Å². The highest BCUT2D eigenvalue weighted by Gasteiger charge is 2.35. The molecule has 160 valence electrons. The van der Waals surface area contributed by atoms with E-state index in [2.05, 4.69) is 15.5 Å². The molecular weight excluding hydrogens is 394 g/mol. The van der Waals surface area contributed by atoms with Crippen LogP contribution in [0.1, 0.15) is 17.9 Å². The van der Waals surface area contributed by atoms with Crippen molar-refractivity contribution in [1.29, 1.82) is 0 Å². The summed E-state index contributed by atoms with van der Waals surface area (Å²) in [6.07, 6.45) is 0.191. The lowest BCUT2D eigenvalue weighted by Crippen LogP contribution is -2.32. The molecule has 8 heteroatoms. The average Bonchev–Trinajstić information content (AvgIpc) is 3.38. The lowest BCUT2D eigenvalue weighted by atomic mass is 10.1. The van der Waals surface area contributed by atoms with Gasteiger partial charge in [0.15, 0.2) is 0 Å². The molecule has 2 aromatic carbocycles. The van der Waals surface area contributed by atoms with Crippen molar-refractivity contribution in [2.45, 2.75) is 19.9 Å². The van der Waals surface area contributed by atoms with E-state index in [1.807, 2.05) is 67.5 Å². The van der Waals surface area contributed by atoms with Crippen molar-refractivity contribution >= 4 is 23.2 Å². The number of benzene rings is 2. The number of hydrogen-bond acceptors (Lipinski definition) is 6. The molecule has 31 heavy (non-hydrogen) atoms. The molecule has 1 aliphatic rings. The number of amides is 2. The molecule has 0 bridgehead atoms. The van der Waals surface area contributed by atoms with Gasteiger partial charge >= 0.3 is 0 Å². The summed E-state index contributed by atoms with van der Waals surface area (Å²) in [5.74, 6) is 0.380. The Morgan fingerprint density at radius 2 is 2.00 bits per heavy atom. The number of nitrogens with one attached hydrogen (secondary N) is 1. The Labute approximate surface area is 180 Å². The monoisotopic (exact) mass is 419 g/mol. The molecule has 0 unspecified atom stereocenters. The van der Waals surface area contributed by atoms with E-state index < -0.39 is 0 Å². The quantitative estimate of drug-likeness (QED) is 0.661. The zero-order valence-electron chi connectivity index (χ0n) is 17.8. The van der Waals surface area contributed by atoms with E-state index in [0.717, 1.165) is 22.5 Å². The molecule has 1 saturated heterocycles. The molecular formula is C23H25N5O3. The van der Waals surface area contributed by atoms with Crippen molar-refractivity contribution in [2.75, 3.05) is 30.4 Å². The van der Waals surface area contributed by atoms with Crippen LogP contribution in [0.4, 0.5) is 11.4 Å². The van der Waals surface area contributed by atoms with Gasteiger partial charge in [0, 0.05) is 57.5 Å². The normalized spacial score (nSPS) is 15.9. The third-order valence-corrected chi connectivity index (χ3v) is 5.36. The SMILES string of the molecule is Cc1nc(-c2cccc(N3C[C@@H](C(=O)NCc4ccc(N(C)C)cc4)CC3=O)c2)no1. The molecule has 2 heterocycles. The number of rotatable bonds is 6. The predicted octanol–water partition coefficient (Wildman–Crippen LogP) is 2.78. The second kappa shape index (κ2) is 8.59. The number of aromatic nitrogens is 2. The molecule has 0 spiro atoms. The van der Waals surface area contributed by atoms with Crippen LogP contribution in [0, 0.1) is 12.8 Å². The molecule has 0 saturated carbocycles. The first-order valence-corrected chi connectivity index (χ1v) is 10.2. The molecule has 1 N–H and O–H groups in total. The molecule has 1 atom stereocenters. The van der Waals surface area contributed by atoms with E-state index in [-0.39, 0.29) is 24.2 Å². The van der Waals surface area contributed by atoms with Crippen molar-refractivity contribution in [2.24, 2.45) is 5.92 Å². The van der Waals surface area contributed by atoms with Gasteiger partial charge in [-0.15, -0.1) is 0 Å².